The van der Waals surface area contributed by atoms with Crippen molar-refractivity contribution in [1.29, 1.82) is 0 Å². The first kappa shape index (κ1) is 11.4. The van der Waals surface area contributed by atoms with Crippen molar-refractivity contribution in [1.82, 2.24) is 4.90 Å². The van der Waals surface area contributed by atoms with Crippen molar-refractivity contribution in [2.24, 2.45) is 17.1 Å². The minimum absolute atomic E-state index is 0.375. The monoisotopic (exact) mass is 210 g/mol. The molecule has 1 aliphatic carbocycles. The van der Waals surface area contributed by atoms with Crippen LogP contribution in [0.15, 0.2) is 0 Å². The molecule has 88 valence electrons. The molecule has 0 amide bonds. The molecule has 15 heavy (non-hydrogen) atoms. The lowest BCUT2D eigenvalue weighted by atomic mass is 9.85. The van der Waals surface area contributed by atoms with Crippen LogP contribution in [0.3, 0.4) is 0 Å². The minimum Gasteiger partial charge on any atom is -0.327 e. The van der Waals surface area contributed by atoms with Crippen LogP contribution in [-0.4, -0.2) is 30.6 Å². The first-order chi connectivity index (χ1) is 7.09. The molecule has 1 saturated carbocycles. The van der Waals surface area contributed by atoms with Gasteiger partial charge in [-0.25, -0.2) is 0 Å². The van der Waals surface area contributed by atoms with E-state index < -0.39 is 0 Å². The molecule has 0 spiro atoms. The van der Waals surface area contributed by atoms with E-state index in [4.69, 9.17) is 5.73 Å². The summed E-state index contributed by atoms with van der Waals surface area (Å²) in [6, 6.07) is 0.416. The molecule has 1 heterocycles. The SMILES string of the molecule is CC1(C)CCC(CN2CCCCC2)C1N. The van der Waals surface area contributed by atoms with Crippen molar-refractivity contribution < 1.29 is 0 Å². The maximum absolute atomic E-state index is 6.35. The van der Waals surface area contributed by atoms with Crippen LogP contribution in [0.1, 0.15) is 46.0 Å². The number of nitrogens with two attached hydrogens (primary N) is 1. The second-order valence-corrected chi connectivity index (χ2v) is 6.17. The highest BCUT2D eigenvalue weighted by Gasteiger charge is 2.39. The summed E-state index contributed by atoms with van der Waals surface area (Å²) in [4.78, 5) is 2.63. The van der Waals surface area contributed by atoms with Crippen molar-refractivity contribution in [2.75, 3.05) is 19.6 Å². The standard InChI is InChI=1S/C13H26N2/c1-13(2)7-6-11(12(13)14)10-15-8-4-3-5-9-15/h11-12H,3-10,14H2,1-2H3. The van der Waals surface area contributed by atoms with Crippen molar-refractivity contribution in [3.8, 4) is 0 Å². The maximum Gasteiger partial charge on any atom is 0.0131 e. The van der Waals surface area contributed by atoms with E-state index in [9.17, 15) is 0 Å². The van der Waals surface area contributed by atoms with E-state index in [2.05, 4.69) is 18.7 Å². The van der Waals surface area contributed by atoms with Crippen LogP contribution in [0.25, 0.3) is 0 Å². The zero-order chi connectivity index (χ0) is 10.9. The Balaban J connectivity index is 1.84. The Hall–Kier alpha value is -0.0800. The minimum atomic E-state index is 0.375. The zero-order valence-electron chi connectivity index (χ0n) is 10.3. The third kappa shape index (κ3) is 2.54. The van der Waals surface area contributed by atoms with Crippen LogP contribution in [0, 0.1) is 11.3 Å². The van der Waals surface area contributed by atoms with Crippen LogP contribution in [-0.2, 0) is 0 Å². The summed E-state index contributed by atoms with van der Waals surface area (Å²) >= 11 is 0. The molecule has 2 atom stereocenters. The quantitative estimate of drug-likeness (QED) is 0.757. The molecular formula is C13H26N2. The van der Waals surface area contributed by atoms with Crippen LogP contribution in [0.4, 0.5) is 0 Å². The van der Waals surface area contributed by atoms with Crippen molar-refractivity contribution in [2.45, 2.75) is 52.0 Å². The Morgan fingerprint density at radius 1 is 1.20 bits per heavy atom. The fourth-order valence-electron chi connectivity index (χ4n) is 3.22. The number of hydrogen-bond acceptors (Lipinski definition) is 2. The lowest BCUT2D eigenvalue weighted by Gasteiger charge is -2.32. The lowest BCUT2D eigenvalue weighted by molar-refractivity contribution is 0.178. The van der Waals surface area contributed by atoms with Crippen molar-refractivity contribution in [3.05, 3.63) is 0 Å². The highest BCUT2D eigenvalue weighted by Crippen LogP contribution is 2.40. The Morgan fingerprint density at radius 3 is 2.40 bits per heavy atom. The summed E-state index contributed by atoms with van der Waals surface area (Å²) in [5, 5.41) is 0. The van der Waals surface area contributed by atoms with E-state index in [1.807, 2.05) is 0 Å². The summed E-state index contributed by atoms with van der Waals surface area (Å²) in [5.41, 5.74) is 6.72. The highest BCUT2D eigenvalue weighted by atomic mass is 15.1. The molecule has 2 unspecified atom stereocenters. The average Bonchev–Trinajstić information content (AvgIpc) is 2.47. The summed E-state index contributed by atoms with van der Waals surface area (Å²) < 4.78 is 0. The molecular weight excluding hydrogens is 184 g/mol. The van der Waals surface area contributed by atoms with Gasteiger partial charge in [0.25, 0.3) is 0 Å². The van der Waals surface area contributed by atoms with E-state index in [0.29, 0.717) is 11.5 Å². The molecule has 1 aliphatic heterocycles. The molecule has 0 aromatic heterocycles. The van der Waals surface area contributed by atoms with Crippen molar-refractivity contribution in [3.63, 3.8) is 0 Å². The maximum atomic E-state index is 6.35. The summed E-state index contributed by atoms with van der Waals surface area (Å²) in [5.74, 6) is 0.748. The summed E-state index contributed by atoms with van der Waals surface area (Å²) in [6.07, 6.45) is 6.87. The van der Waals surface area contributed by atoms with Crippen LogP contribution in [0.5, 0.6) is 0 Å². The van der Waals surface area contributed by atoms with E-state index in [1.54, 1.807) is 0 Å². The van der Waals surface area contributed by atoms with Gasteiger partial charge in [0, 0.05) is 12.6 Å². The van der Waals surface area contributed by atoms with Gasteiger partial charge in [0.1, 0.15) is 0 Å². The predicted octanol–water partition coefficient (Wildman–Crippen LogP) is 2.24. The van der Waals surface area contributed by atoms with E-state index >= 15 is 0 Å². The van der Waals surface area contributed by atoms with Gasteiger partial charge in [0.2, 0.25) is 0 Å². The lowest BCUT2D eigenvalue weighted by Crippen LogP contribution is -2.43. The van der Waals surface area contributed by atoms with Gasteiger partial charge in [0.05, 0.1) is 0 Å². The molecule has 1 saturated heterocycles. The van der Waals surface area contributed by atoms with Gasteiger partial charge in [-0.1, -0.05) is 20.3 Å². The summed E-state index contributed by atoms with van der Waals surface area (Å²) in [7, 11) is 0. The largest absolute Gasteiger partial charge is 0.327 e. The number of rotatable bonds is 2. The second kappa shape index (κ2) is 4.42. The normalized spacial score (nSPS) is 37.0. The second-order valence-electron chi connectivity index (χ2n) is 6.17. The van der Waals surface area contributed by atoms with Gasteiger partial charge in [0.15, 0.2) is 0 Å². The fraction of sp³-hybridized carbons (Fsp3) is 1.00. The molecule has 2 fully saturated rings. The topological polar surface area (TPSA) is 29.3 Å². The molecule has 2 aliphatic rings. The number of likely N-dealkylation sites (tertiary alicyclic amines) is 1. The van der Waals surface area contributed by atoms with Gasteiger partial charge in [-0.05, 0) is 50.1 Å². The molecule has 0 aromatic carbocycles. The molecule has 2 heteroatoms. The molecule has 2 rings (SSSR count). The molecule has 0 radical (unpaired) electrons. The third-order valence-electron chi connectivity index (χ3n) is 4.51. The summed E-state index contributed by atoms with van der Waals surface area (Å²) in [6.45, 7) is 8.53. The van der Waals surface area contributed by atoms with Gasteiger partial charge in [-0.2, -0.15) is 0 Å². The smallest absolute Gasteiger partial charge is 0.0131 e. The third-order valence-corrected chi connectivity index (χ3v) is 4.51. The van der Waals surface area contributed by atoms with E-state index in [1.165, 1.54) is 51.7 Å². The molecule has 2 N–H and O–H groups in total. The molecule has 0 bridgehead atoms. The van der Waals surface area contributed by atoms with Gasteiger partial charge >= 0.3 is 0 Å². The van der Waals surface area contributed by atoms with Crippen LogP contribution >= 0.6 is 0 Å². The zero-order valence-corrected chi connectivity index (χ0v) is 10.3. The van der Waals surface area contributed by atoms with E-state index in [-0.39, 0.29) is 0 Å². The Kier molecular flexibility index (Phi) is 3.36. The van der Waals surface area contributed by atoms with Crippen LogP contribution in [0.2, 0.25) is 0 Å². The van der Waals surface area contributed by atoms with E-state index in [0.717, 1.165) is 5.92 Å². The van der Waals surface area contributed by atoms with Crippen LogP contribution < -0.4 is 5.73 Å². The fourth-order valence-corrected chi connectivity index (χ4v) is 3.22. The van der Waals surface area contributed by atoms with Gasteiger partial charge in [-0.15, -0.1) is 0 Å². The first-order valence-electron chi connectivity index (χ1n) is 6.57. The molecule has 2 nitrogen and oxygen atoms in total. The number of piperidine rings is 1. The predicted molar refractivity (Wildman–Crippen MR) is 64.8 cm³/mol. The Morgan fingerprint density at radius 2 is 1.87 bits per heavy atom. The van der Waals surface area contributed by atoms with Crippen molar-refractivity contribution >= 4 is 0 Å². The Bertz CT molecular complexity index is 207. The Labute approximate surface area is 94.2 Å². The number of nitrogens with zero attached hydrogens (tertiary/aromatic N) is 1. The highest BCUT2D eigenvalue weighted by molar-refractivity contribution is 4.95. The van der Waals surface area contributed by atoms with Gasteiger partial charge < -0.3 is 10.6 Å². The first-order valence-corrected chi connectivity index (χ1v) is 6.57. The molecule has 0 aromatic rings. The average molecular weight is 210 g/mol. The number of hydrogen-bond donors (Lipinski definition) is 1. The van der Waals surface area contributed by atoms with Gasteiger partial charge in [-0.3, -0.25) is 0 Å².